The maximum atomic E-state index is 12.7. The predicted molar refractivity (Wildman–Crippen MR) is 91.1 cm³/mol. The van der Waals surface area contributed by atoms with Crippen LogP contribution in [0, 0.1) is 5.92 Å². The number of aromatic amines is 1. The van der Waals surface area contributed by atoms with E-state index in [1.165, 1.54) is 23.6 Å². The van der Waals surface area contributed by atoms with Gasteiger partial charge in [0, 0.05) is 11.3 Å². The van der Waals surface area contributed by atoms with E-state index in [9.17, 15) is 13.2 Å². The molecule has 0 bridgehead atoms. The van der Waals surface area contributed by atoms with Crippen molar-refractivity contribution >= 4 is 10.9 Å². The molecule has 1 unspecified atom stereocenters. The Kier molecular flexibility index (Phi) is 4.02. The van der Waals surface area contributed by atoms with Gasteiger partial charge in [-0.25, -0.2) is 0 Å². The van der Waals surface area contributed by atoms with Gasteiger partial charge in [0.1, 0.15) is 0 Å². The monoisotopic (exact) mass is 343 g/mol. The third kappa shape index (κ3) is 3.15. The second-order valence-electron chi connectivity index (χ2n) is 6.65. The summed E-state index contributed by atoms with van der Waals surface area (Å²) in [7, 11) is 0. The zero-order valence-corrected chi connectivity index (χ0v) is 13.6. The van der Waals surface area contributed by atoms with E-state index in [0.717, 1.165) is 42.1 Å². The van der Waals surface area contributed by atoms with E-state index < -0.39 is 11.7 Å². The van der Waals surface area contributed by atoms with Gasteiger partial charge in [0.2, 0.25) is 0 Å². The molecule has 25 heavy (non-hydrogen) atoms. The highest BCUT2D eigenvalue weighted by molar-refractivity contribution is 5.82. The molecule has 5 heteroatoms. The topological polar surface area (TPSA) is 28.7 Å². The van der Waals surface area contributed by atoms with Crippen molar-refractivity contribution in [2.75, 3.05) is 0 Å². The van der Waals surface area contributed by atoms with Crippen LogP contribution in [0.25, 0.3) is 10.9 Å². The van der Waals surface area contributed by atoms with Crippen LogP contribution in [0.4, 0.5) is 13.2 Å². The third-order valence-corrected chi connectivity index (χ3v) is 5.10. The van der Waals surface area contributed by atoms with Crippen LogP contribution in [0.5, 0.6) is 0 Å². The van der Waals surface area contributed by atoms with Gasteiger partial charge in [-0.3, -0.25) is 5.10 Å². The fourth-order valence-electron chi connectivity index (χ4n) is 3.83. The Bertz CT molecular complexity index is 865. The summed E-state index contributed by atoms with van der Waals surface area (Å²) in [6.45, 7) is 0. The van der Waals surface area contributed by atoms with Crippen LogP contribution in [0.3, 0.4) is 0 Å². The summed E-state index contributed by atoms with van der Waals surface area (Å²) in [4.78, 5) is 0. The molecule has 1 aliphatic rings. The SMILES string of the molecule is FC(F)(F)c1ccc([C]2CCCC(c3cccc4[nH]ncc34)C2)cc1. The van der Waals surface area contributed by atoms with Crippen molar-refractivity contribution in [3.63, 3.8) is 0 Å². The fraction of sp³-hybridized carbons (Fsp3) is 0.300. The molecule has 1 radical (unpaired) electrons. The lowest BCUT2D eigenvalue weighted by Crippen LogP contribution is -2.14. The van der Waals surface area contributed by atoms with Gasteiger partial charge in [0.25, 0.3) is 0 Å². The number of hydrogen-bond donors (Lipinski definition) is 1. The maximum absolute atomic E-state index is 12.7. The largest absolute Gasteiger partial charge is 0.416 e. The molecule has 129 valence electrons. The summed E-state index contributed by atoms with van der Waals surface area (Å²) >= 11 is 0. The second-order valence-corrected chi connectivity index (χ2v) is 6.65. The minimum Gasteiger partial charge on any atom is -0.278 e. The molecule has 1 N–H and O–H groups in total. The van der Waals surface area contributed by atoms with E-state index in [1.807, 2.05) is 18.3 Å². The third-order valence-electron chi connectivity index (χ3n) is 5.10. The molecule has 2 nitrogen and oxygen atoms in total. The Hall–Kier alpha value is -2.30. The van der Waals surface area contributed by atoms with Crippen LogP contribution in [0.2, 0.25) is 0 Å². The highest BCUT2D eigenvalue weighted by atomic mass is 19.4. The highest BCUT2D eigenvalue weighted by Crippen LogP contribution is 2.42. The van der Waals surface area contributed by atoms with Gasteiger partial charge in [-0.1, -0.05) is 30.7 Å². The smallest absolute Gasteiger partial charge is 0.278 e. The van der Waals surface area contributed by atoms with Gasteiger partial charge in [0.05, 0.1) is 17.3 Å². The number of benzene rings is 2. The van der Waals surface area contributed by atoms with Crippen LogP contribution in [-0.2, 0) is 6.18 Å². The van der Waals surface area contributed by atoms with Crippen molar-refractivity contribution in [3.8, 4) is 0 Å². The summed E-state index contributed by atoms with van der Waals surface area (Å²) in [6, 6.07) is 11.8. The van der Waals surface area contributed by atoms with Gasteiger partial charge in [0.15, 0.2) is 0 Å². The summed E-state index contributed by atoms with van der Waals surface area (Å²) in [6.07, 6.45) is 1.55. The number of rotatable bonds is 2. The number of halogens is 3. The molecule has 0 amide bonds. The predicted octanol–water partition coefficient (Wildman–Crippen LogP) is 5.86. The van der Waals surface area contributed by atoms with E-state index >= 15 is 0 Å². The van der Waals surface area contributed by atoms with Crippen LogP contribution in [0.15, 0.2) is 48.7 Å². The molecular formula is C20H18F3N2. The average Bonchev–Trinajstić information content (AvgIpc) is 3.10. The number of nitrogens with one attached hydrogen (secondary N) is 1. The molecule has 4 rings (SSSR count). The van der Waals surface area contributed by atoms with Crippen molar-refractivity contribution in [3.05, 3.63) is 71.3 Å². The normalized spacial score (nSPS) is 19.4. The zero-order valence-electron chi connectivity index (χ0n) is 13.6. The highest BCUT2D eigenvalue weighted by Gasteiger charge is 2.31. The standard InChI is InChI=1S/C20H18F3N2/c21-20(22,23)16-9-7-13(8-10-16)14-3-1-4-15(11-14)17-5-2-6-19-18(17)12-24-25-19/h2,5-10,12,15H,1,3-4,11H2,(H,24,25). The van der Waals surface area contributed by atoms with Gasteiger partial charge in [-0.15, -0.1) is 0 Å². The lowest BCUT2D eigenvalue weighted by molar-refractivity contribution is -0.137. The first-order chi connectivity index (χ1) is 12.0. The number of alkyl halides is 3. The molecule has 1 heterocycles. The first-order valence-corrected chi connectivity index (χ1v) is 8.47. The van der Waals surface area contributed by atoms with Gasteiger partial charge >= 0.3 is 6.18 Å². The Morgan fingerprint density at radius 3 is 2.60 bits per heavy atom. The number of nitrogens with zero attached hydrogens (tertiary/aromatic N) is 1. The Labute approximate surface area is 144 Å². The first-order valence-electron chi connectivity index (χ1n) is 8.47. The first kappa shape index (κ1) is 16.2. The molecule has 1 fully saturated rings. The van der Waals surface area contributed by atoms with Crippen molar-refractivity contribution in [1.29, 1.82) is 0 Å². The molecule has 1 aromatic heterocycles. The van der Waals surface area contributed by atoms with E-state index in [2.05, 4.69) is 16.3 Å². The zero-order chi connectivity index (χ0) is 17.4. The number of aromatic nitrogens is 2. The van der Waals surface area contributed by atoms with Crippen molar-refractivity contribution in [1.82, 2.24) is 10.2 Å². The van der Waals surface area contributed by atoms with E-state index in [1.54, 1.807) is 12.1 Å². The van der Waals surface area contributed by atoms with Crippen molar-refractivity contribution < 1.29 is 13.2 Å². The number of hydrogen-bond acceptors (Lipinski definition) is 1. The number of H-pyrrole nitrogens is 1. The summed E-state index contributed by atoms with van der Waals surface area (Å²) < 4.78 is 38.2. The quantitative estimate of drug-likeness (QED) is 0.620. The molecule has 1 aliphatic carbocycles. The average molecular weight is 343 g/mol. The maximum Gasteiger partial charge on any atom is 0.416 e. The number of fused-ring (bicyclic) bond motifs is 1. The molecule has 1 atom stereocenters. The lowest BCUT2D eigenvalue weighted by atomic mass is 9.74. The van der Waals surface area contributed by atoms with Crippen molar-refractivity contribution in [2.24, 2.45) is 0 Å². The summed E-state index contributed by atoms with van der Waals surface area (Å²) in [5.74, 6) is 1.62. The van der Waals surface area contributed by atoms with Crippen molar-refractivity contribution in [2.45, 2.75) is 37.8 Å². The molecule has 1 saturated carbocycles. The van der Waals surface area contributed by atoms with E-state index in [-0.39, 0.29) is 0 Å². The summed E-state index contributed by atoms with van der Waals surface area (Å²) in [5, 5.41) is 8.27. The van der Waals surface area contributed by atoms with Gasteiger partial charge in [-0.05, 0) is 54.5 Å². The fourth-order valence-corrected chi connectivity index (χ4v) is 3.83. The van der Waals surface area contributed by atoms with Gasteiger partial charge in [-0.2, -0.15) is 18.3 Å². The molecule has 0 saturated heterocycles. The lowest BCUT2D eigenvalue weighted by Gasteiger charge is -2.30. The van der Waals surface area contributed by atoms with Crippen LogP contribution >= 0.6 is 0 Å². The Morgan fingerprint density at radius 1 is 1.04 bits per heavy atom. The summed E-state index contributed by atoms with van der Waals surface area (Å²) in [5.41, 5.74) is 2.64. The molecular weight excluding hydrogens is 325 g/mol. The van der Waals surface area contributed by atoms with Crippen LogP contribution in [-0.4, -0.2) is 10.2 Å². The second kappa shape index (κ2) is 6.21. The Morgan fingerprint density at radius 2 is 1.84 bits per heavy atom. The molecule has 0 spiro atoms. The van der Waals surface area contributed by atoms with Crippen LogP contribution in [0.1, 0.15) is 48.3 Å². The van der Waals surface area contributed by atoms with E-state index in [4.69, 9.17) is 0 Å². The molecule has 3 aromatic rings. The molecule has 0 aliphatic heterocycles. The minimum absolute atomic E-state index is 0.382. The van der Waals surface area contributed by atoms with Gasteiger partial charge < -0.3 is 0 Å². The Balaban J connectivity index is 1.58. The van der Waals surface area contributed by atoms with E-state index in [0.29, 0.717) is 5.92 Å². The van der Waals surface area contributed by atoms with Crippen LogP contribution < -0.4 is 0 Å². The molecule has 2 aromatic carbocycles. The minimum atomic E-state index is -4.28.